The van der Waals surface area contributed by atoms with E-state index in [2.05, 4.69) is 5.32 Å². The molecule has 3 nitrogen and oxygen atoms in total. The van der Waals surface area contributed by atoms with Crippen molar-refractivity contribution in [2.75, 3.05) is 0 Å². The Morgan fingerprint density at radius 1 is 1.54 bits per heavy atom. The van der Waals surface area contributed by atoms with E-state index in [0.717, 1.165) is 19.3 Å². The first-order chi connectivity index (χ1) is 5.90. The molecule has 13 heavy (non-hydrogen) atoms. The van der Waals surface area contributed by atoms with Crippen LogP contribution in [0, 0.1) is 11.3 Å². The molecule has 0 aromatic heterocycles. The van der Waals surface area contributed by atoms with Gasteiger partial charge in [-0.15, -0.1) is 0 Å². The van der Waals surface area contributed by atoms with Crippen LogP contribution in [0.5, 0.6) is 0 Å². The number of nitrogens with one attached hydrogen (secondary N) is 2. The summed E-state index contributed by atoms with van der Waals surface area (Å²) >= 11 is 0. The van der Waals surface area contributed by atoms with Crippen molar-refractivity contribution in [1.82, 2.24) is 5.32 Å². The fraction of sp³-hybridized carbons (Fsp3) is 0.800. The largest absolute Gasteiger partial charge is 0.351 e. The van der Waals surface area contributed by atoms with Gasteiger partial charge in [-0.05, 0) is 40.0 Å². The predicted molar refractivity (Wildman–Crippen MR) is 53.0 cm³/mol. The van der Waals surface area contributed by atoms with Crippen molar-refractivity contribution < 1.29 is 4.79 Å². The molecule has 1 rings (SSSR count). The quantitative estimate of drug-likeness (QED) is 0.637. The van der Waals surface area contributed by atoms with Crippen LogP contribution in [0.15, 0.2) is 0 Å². The Balaban J connectivity index is 2.53. The maximum Gasteiger partial charge on any atom is 0.229 e. The van der Waals surface area contributed by atoms with E-state index in [0.29, 0.717) is 5.71 Å². The Hall–Kier alpha value is -0.860. The summed E-state index contributed by atoms with van der Waals surface area (Å²) in [7, 11) is 0. The highest BCUT2D eigenvalue weighted by Gasteiger charge is 2.29. The normalized spacial score (nSPS) is 23.3. The smallest absolute Gasteiger partial charge is 0.229 e. The second-order valence-electron chi connectivity index (χ2n) is 4.71. The molecule has 0 bridgehead atoms. The summed E-state index contributed by atoms with van der Waals surface area (Å²) in [6, 6.07) is 0. The maximum absolute atomic E-state index is 11.6. The zero-order valence-electron chi connectivity index (χ0n) is 8.61. The van der Waals surface area contributed by atoms with Crippen LogP contribution in [-0.2, 0) is 4.79 Å². The number of hydrogen-bond acceptors (Lipinski definition) is 2. The zero-order chi connectivity index (χ0) is 10.1. The summed E-state index contributed by atoms with van der Waals surface area (Å²) in [6.07, 6.45) is 2.63. The lowest BCUT2D eigenvalue weighted by molar-refractivity contribution is -0.124. The standard InChI is InChI=1S/C10H18N2O/c1-10(2,3)12-9(13)7-5-4-6-8(7)11/h7,11H,4-6H2,1-3H3,(H,12,13). The Kier molecular flexibility index (Phi) is 2.74. The second kappa shape index (κ2) is 3.48. The molecule has 1 aliphatic rings. The summed E-state index contributed by atoms with van der Waals surface area (Å²) in [4.78, 5) is 11.6. The summed E-state index contributed by atoms with van der Waals surface area (Å²) < 4.78 is 0. The van der Waals surface area contributed by atoms with Crippen LogP contribution in [0.4, 0.5) is 0 Å². The highest BCUT2D eigenvalue weighted by atomic mass is 16.2. The molecule has 74 valence electrons. The van der Waals surface area contributed by atoms with Crippen molar-refractivity contribution in [3.05, 3.63) is 0 Å². The van der Waals surface area contributed by atoms with Crippen LogP contribution in [0.3, 0.4) is 0 Å². The molecule has 1 atom stereocenters. The van der Waals surface area contributed by atoms with Crippen LogP contribution in [0.2, 0.25) is 0 Å². The Morgan fingerprint density at radius 2 is 2.15 bits per heavy atom. The summed E-state index contributed by atoms with van der Waals surface area (Å²) in [6.45, 7) is 5.89. The van der Waals surface area contributed by atoms with Gasteiger partial charge in [0.25, 0.3) is 0 Å². The number of amides is 1. The maximum atomic E-state index is 11.6. The predicted octanol–water partition coefficient (Wildman–Crippen LogP) is 1.72. The minimum atomic E-state index is -0.181. The van der Waals surface area contributed by atoms with Crippen LogP contribution >= 0.6 is 0 Å². The van der Waals surface area contributed by atoms with Gasteiger partial charge in [0.05, 0.1) is 5.92 Å². The summed E-state index contributed by atoms with van der Waals surface area (Å²) in [5.41, 5.74) is 0.418. The summed E-state index contributed by atoms with van der Waals surface area (Å²) in [5, 5.41) is 10.5. The van der Waals surface area contributed by atoms with Crippen molar-refractivity contribution in [2.45, 2.75) is 45.6 Å². The Labute approximate surface area is 79.4 Å². The molecule has 1 fully saturated rings. The summed E-state index contributed by atoms with van der Waals surface area (Å²) in [5.74, 6) is -0.130. The average molecular weight is 182 g/mol. The molecule has 1 saturated carbocycles. The van der Waals surface area contributed by atoms with E-state index >= 15 is 0 Å². The van der Waals surface area contributed by atoms with Crippen molar-refractivity contribution in [1.29, 1.82) is 5.41 Å². The van der Waals surface area contributed by atoms with Gasteiger partial charge in [0.1, 0.15) is 0 Å². The van der Waals surface area contributed by atoms with Gasteiger partial charge in [0, 0.05) is 11.3 Å². The molecule has 0 spiro atoms. The third-order valence-corrected chi connectivity index (χ3v) is 2.17. The molecule has 1 unspecified atom stereocenters. The minimum absolute atomic E-state index is 0.0231. The molecule has 0 saturated heterocycles. The van der Waals surface area contributed by atoms with Gasteiger partial charge in [-0.2, -0.15) is 0 Å². The molecule has 1 aliphatic carbocycles. The van der Waals surface area contributed by atoms with Gasteiger partial charge < -0.3 is 10.7 Å². The second-order valence-corrected chi connectivity index (χ2v) is 4.71. The molecule has 0 radical (unpaired) electrons. The molecule has 2 N–H and O–H groups in total. The highest BCUT2D eigenvalue weighted by Crippen LogP contribution is 2.22. The first-order valence-corrected chi connectivity index (χ1v) is 4.79. The number of hydrogen-bond donors (Lipinski definition) is 2. The molecule has 0 aromatic carbocycles. The molecule has 0 aromatic rings. The first kappa shape index (κ1) is 10.2. The molecule has 0 aliphatic heterocycles. The minimum Gasteiger partial charge on any atom is -0.351 e. The monoisotopic (exact) mass is 182 g/mol. The van der Waals surface area contributed by atoms with Gasteiger partial charge in [-0.3, -0.25) is 4.79 Å². The van der Waals surface area contributed by atoms with E-state index in [-0.39, 0.29) is 17.4 Å². The lowest BCUT2D eigenvalue weighted by Crippen LogP contribution is -2.44. The topological polar surface area (TPSA) is 53.0 Å². The van der Waals surface area contributed by atoms with Gasteiger partial charge in [0.15, 0.2) is 0 Å². The van der Waals surface area contributed by atoms with Gasteiger partial charge in [-0.25, -0.2) is 0 Å². The molecular weight excluding hydrogens is 164 g/mol. The van der Waals surface area contributed by atoms with Crippen LogP contribution in [0.25, 0.3) is 0 Å². The van der Waals surface area contributed by atoms with Crippen molar-refractivity contribution in [3.63, 3.8) is 0 Å². The molecule has 1 amide bonds. The third kappa shape index (κ3) is 2.83. The molecule has 3 heteroatoms. The molecular formula is C10H18N2O. The van der Waals surface area contributed by atoms with E-state index in [1.54, 1.807) is 0 Å². The van der Waals surface area contributed by atoms with E-state index in [4.69, 9.17) is 5.41 Å². The van der Waals surface area contributed by atoms with Gasteiger partial charge in [-0.1, -0.05) is 0 Å². The Morgan fingerprint density at radius 3 is 2.54 bits per heavy atom. The molecule has 0 heterocycles. The van der Waals surface area contributed by atoms with Crippen LogP contribution in [-0.4, -0.2) is 17.2 Å². The third-order valence-electron chi connectivity index (χ3n) is 2.17. The van der Waals surface area contributed by atoms with Crippen molar-refractivity contribution in [2.24, 2.45) is 5.92 Å². The van der Waals surface area contributed by atoms with Gasteiger partial charge in [0.2, 0.25) is 5.91 Å². The first-order valence-electron chi connectivity index (χ1n) is 4.79. The van der Waals surface area contributed by atoms with E-state index in [9.17, 15) is 4.79 Å². The van der Waals surface area contributed by atoms with E-state index in [1.807, 2.05) is 20.8 Å². The van der Waals surface area contributed by atoms with E-state index in [1.165, 1.54) is 0 Å². The lowest BCUT2D eigenvalue weighted by atomic mass is 10.0. The SMILES string of the molecule is CC(C)(C)NC(=O)C1CCCC1=N. The average Bonchev–Trinajstić information content (AvgIpc) is 2.30. The van der Waals surface area contributed by atoms with Crippen molar-refractivity contribution in [3.8, 4) is 0 Å². The van der Waals surface area contributed by atoms with E-state index < -0.39 is 0 Å². The fourth-order valence-electron chi connectivity index (χ4n) is 1.59. The number of carbonyl (C=O) groups excluding carboxylic acids is 1. The van der Waals surface area contributed by atoms with Gasteiger partial charge >= 0.3 is 0 Å². The number of carbonyl (C=O) groups is 1. The zero-order valence-corrected chi connectivity index (χ0v) is 8.61. The van der Waals surface area contributed by atoms with Crippen molar-refractivity contribution >= 4 is 11.6 Å². The van der Waals surface area contributed by atoms with Crippen LogP contribution in [0.1, 0.15) is 40.0 Å². The Bertz CT molecular complexity index is 228. The fourth-order valence-corrected chi connectivity index (χ4v) is 1.59. The van der Waals surface area contributed by atoms with Crippen LogP contribution < -0.4 is 5.32 Å². The number of rotatable bonds is 1. The lowest BCUT2D eigenvalue weighted by Gasteiger charge is -2.22. The highest BCUT2D eigenvalue weighted by molar-refractivity contribution is 6.04.